The number of aromatic nitrogens is 1. The minimum Gasteiger partial charge on any atom is -0.320 e. The first-order valence-corrected chi connectivity index (χ1v) is 6.57. The number of hydrogen-bond acceptors (Lipinski definition) is 3. The third-order valence-corrected chi connectivity index (χ3v) is 3.83. The van der Waals surface area contributed by atoms with Gasteiger partial charge in [-0.15, -0.1) is 11.3 Å². The van der Waals surface area contributed by atoms with E-state index in [1.54, 1.807) is 17.5 Å². The first-order chi connectivity index (χ1) is 9.15. The number of nitrogens with zero attached hydrogens (tertiary/aromatic N) is 1. The summed E-state index contributed by atoms with van der Waals surface area (Å²) in [6.07, 6.45) is 1.63. The van der Waals surface area contributed by atoms with Crippen molar-refractivity contribution < 1.29 is 8.78 Å². The van der Waals surface area contributed by atoms with Gasteiger partial charge < -0.3 is 5.73 Å². The molecule has 0 bridgehead atoms. The van der Waals surface area contributed by atoms with E-state index >= 15 is 0 Å². The van der Waals surface area contributed by atoms with Crippen molar-refractivity contribution in [2.75, 3.05) is 0 Å². The summed E-state index contributed by atoms with van der Waals surface area (Å²) in [5, 5.41) is 1.94. The second-order valence-electron chi connectivity index (χ2n) is 4.22. The van der Waals surface area contributed by atoms with Crippen LogP contribution in [-0.2, 0) is 0 Å². The second kappa shape index (κ2) is 4.68. The maximum Gasteiger partial charge on any atom is 0.131 e. The lowest BCUT2D eigenvalue weighted by molar-refractivity contribution is 0.566. The molecule has 19 heavy (non-hydrogen) atoms. The van der Waals surface area contributed by atoms with Gasteiger partial charge in [-0.1, -0.05) is 6.07 Å². The molecule has 0 radical (unpaired) electrons. The van der Waals surface area contributed by atoms with Gasteiger partial charge in [0.05, 0.1) is 16.3 Å². The van der Waals surface area contributed by atoms with E-state index in [1.807, 2.05) is 17.5 Å². The number of thiophene rings is 1. The Kier molecular flexibility index (Phi) is 3.00. The summed E-state index contributed by atoms with van der Waals surface area (Å²) in [6, 6.07) is 6.56. The Balaban J connectivity index is 2.04. The van der Waals surface area contributed by atoms with Crippen LogP contribution in [0, 0.1) is 11.6 Å². The molecule has 96 valence electrons. The molecule has 1 unspecified atom stereocenters. The third-order valence-electron chi connectivity index (χ3n) is 2.98. The average molecular weight is 276 g/mol. The summed E-state index contributed by atoms with van der Waals surface area (Å²) >= 11 is 1.55. The molecule has 0 spiro atoms. The van der Waals surface area contributed by atoms with E-state index in [1.165, 1.54) is 12.1 Å². The van der Waals surface area contributed by atoms with Crippen LogP contribution in [0.2, 0.25) is 0 Å². The predicted molar refractivity (Wildman–Crippen MR) is 72.0 cm³/mol. The van der Waals surface area contributed by atoms with Crippen LogP contribution < -0.4 is 5.73 Å². The summed E-state index contributed by atoms with van der Waals surface area (Å²) in [7, 11) is 0. The number of fused-ring (bicyclic) bond motifs is 1. The summed E-state index contributed by atoms with van der Waals surface area (Å²) in [5.41, 5.74) is 7.89. The smallest absolute Gasteiger partial charge is 0.131 e. The highest BCUT2D eigenvalue weighted by molar-refractivity contribution is 7.17. The largest absolute Gasteiger partial charge is 0.320 e. The summed E-state index contributed by atoms with van der Waals surface area (Å²) < 4.78 is 27.6. The van der Waals surface area contributed by atoms with E-state index in [0.717, 1.165) is 16.3 Å². The Hall–Kier alpha value is -1.85. The predicted octanol–water partition coefficient (Wildman–Crippen LogP) is 3.62. The van der Waals surface area contributed by atoms with Crippen molar-refractivity contribution in [1.29, 1.82) is 0 Å². The molecule has 0 fully saturated rings. The van der Waals surface area contributed by atoms with Gasteiger partial charge in [0.15, 0.2) is 0 Å². The number of nitrogens with two attached hydrogens (primary N) is 1. The van der Waals surface area contributed by atoms with E-state index in [2.05, 4.69) is 4.98 Å². The number of halogens is 2. The van der Waals surface area contributed by atoms with E-state index in [-0.39, 0.29) is 5.56 Å². The van der Waals surface area contributed by atoms with Crippen molar-refractivity contribution in [3.8, 4) is 0 Å². The SMILES string of the molecule is NC(c1cnc2ccsc2c1)c1ccc(F)cc1F. The molecule has 0 aliphatic rings. The van der Waals surface area contributed by atoms with Crippen molar-refractivity contribution in [3.63, 3.8) is 0 Å². The van der Waals surface area contributed by atoms with Crippen LogP contribution in [-0.4, -0.2) is 4.98 Å². The Morgan fingerprint density at radius 2 is 2.00 bits per heavy atom. The summed E-state index contributed by atoms with van der Waals surface area (Å²) in [5.74, 6) is -1.25. The fourth-order valence-electron chi connectivity index (χ4n) is 1.96. The molecule has 0 saturated heterocycles. The monoisotopic (exact) mass is 276 g/mol. The molecule has 1 aromatic carbocycles. The van der Waals surface area contributed by atoms with Crippen molar-refractivity contribution in [2.45, 2.75) is 6.04 Å². The quantitative estimate of drug-likeness (QED) is 0.776. The Bertz CT molecular complexity index is 739. The van der Waals surface area contributed by atoms with Gasteiger partial charge >= 0.3 is 0 Å². The van der Waals surface area contributed by atoms with E-state index in [0.29, 0.717) is 5.56 Å². The van der Waals surface area contributed by atoms with Gasteiger partial charge in [-0.05, 0) is 29.1 Å². The molecule has 5 heteroatoms. The summed E-state index contributed by atoms with van der Waals surface area (Å²) in [6.45, 7) is 0. The number of benzene rings is 1. The zero-order chi connectivity index (χ0) is 13.4. The Morgan fingerprint density at radius 3 is 2.79 bits per heavy atom. The van der Waals surface area contributed by atoms with Gasteiger partial charge in [0.25, 0.3) is 0 Å². The fraction of sp³-hybridized carbons (Fsp3) is 0.0714. The topological polar surface area (TPSA) is 38.9 Å². The third kappa shape index (κ3) is 2.22. The lowest BCUT2D eigenvalue weighted by Crippen LogP contribution is -2.14. The fourth-order valence-corrected chi connectivity index (χ4v) is 2.75. The van der Waals surface area contributed by atoms with E-state index < -0.39 is 17.7 Å². The highest BCUT2D eigenvalue weighted by Crippen LogP contribution is 2.26. The van der Waals surface area contributed by atoms with Gasteiger partial charge in [-0.25, -0.2) is 8.78 Å². The minimum atomic E-state index is -0.653. The van der Waals surface area contributed by atoms with Gasteiger partial charge in [0.1, 0.15) is 11.6 Å². The van der Waals surface area contributed by atoms with Crippen LogP contribution >= 0.6 is 11.3 Å². The maximum atomic E-state index is 13.7. The Labute approximate surface area is 112 Å². The molecule has 0 aliphatic carbocycles. The molecule has 1 atom stereocenters. The second-order valence-corrected chi connectivity index (χ2v) is 5.16. The molecular formula is C14H10F2N2S. The van der Waals surface area contributed by atoms with Crippen LogP contribution in [0.25, 0.3) is 10.2 Å². The molecular weight excluding hydrogens is 266 g/mol. The van der Waals surface area contributed by atoms with Crippen LogP contribution in [0.5, 0.6) is 0 Å². The van der Waals surface area contributed by atoms with E-state index in [9.17, 15) is 8.78 Å². The van der Waals surface area contributed by atoms with Crippen molar-refractivity contribution in [3.05, 3.63) is 64.7 Å². The zero-order valence-electron chi connectivity index (χ0n) is 9.81. The van der Waals surface area contributed by atoms with Gasteiger partial charge in [-0.3, -0.25) is 4.98 Å². The first-order valence-electron chi connectivity index (χ1n) is 5.69. The number of pyridine rings is 1. The van der Waals surface area contributed by atoms with Crippen molar-refractivity contribution in [1.82, 2.24) is 4.98 Å². The van der Waals surface area contributed by atoms with Crippen LogP contribution in [0.3, 0.4) is 0 Å². The van der Waals surface area contributed by atoms with Gasteiger partial charge in [0, 0.05) is 17.8 Å². The van der Waals surface area contributed by atoms with Crippen molar-refractivity contribution >= 4 is 21.6 Å². The van der Waals surface area contributed by atoms with Crippen LogP contribution in [0.1, 0.15) is 17.2 Å². The molecule has 2 nitrogen and oxygen atoms in total. The normalized spacial score (nSPS) is 12.8. The first kappa shape index (κ1) is 12.2. The van der Waals surface area contributed by atoms with Gasteiger partial charge in [0.2, 0.25) is 0 Å². The zero-order valence-corrected chi connectivity index (χ0v) is 10.6. The molecule has 0 amide bonds. The Morgan fingerprint density at radius 1 is 1.16 bits per heavy atom. The summed E-state index contributed by atoms with van der Waals surface area (Å²) in [4.78, 5) is 4.27. The average Bonchev–Trinajstić information content (AvgIpc) is 2.85. The van der Waals surface area contributed by atoms with Crippen LogP contribution in [0.4, 0.5) is 8.78 Å². The number of rotatable bonds is 2. The van der Waals surface area contributed by atoms with Crippen LogP contribution in [0.15, 0.2) is 41.9 Å². The number of hydrogen-bond donors (Lipinski definition) is 1. The standard InChI is InChI=1S/C14H10F2N2S/c15-9-1-2-10(11(16)6-9)14(17)8-5-13-12(18-7-8)3-4-19-13/h1-7,14H,17H2. The lowest BCUT2D eigenvalue weighted by atomic mass is 10.0. The molecule has 0 saturated carbocycles. The molecule has 0 aliphatic heterocycles. The highest BCUT2D eigenvalue weighted by Gasteiger charge is 2.15. The van der Waals surface area contributed by atoms with Gasteiger partial charge in [-0.2, -0.15) is 0 Å². The molecule has 2 heterocycles. The molecule has 3 rings (SSSR count). The van der Waals surface area contributed by atoms with E-state index in [4.69, 9.17) is 5.73 Å². The maximum absolute atomic E-state index is 13.7. The molecule has 2 N–H and O–H groups in total. The minimum absolute atomic E-state index is 0.263. The molecule has 2 aromatic heterocycles. The lowest BCUT2D eigenvalue weighted by Gasteiger charge is -2.13. The highest BCUT2D eigenvalue weighted by atomic mass is 32.1. The molecule has 3 aromatic rings. The van der Waals surface area contributed by atoms with Crippen molar-refractivity contribution in [2.24, 2.45) is 5.73 Å².